The van der Waals surface area contributed by atoms with Crippen LogP contribution in [0.4, 0.5) is 0 Å². The molecule has 0 unspecified atom stereocenters. The first-order chi connectivity index (χ1) is 5.29. The van der Waals surface area contributed by atoms with Gasteiger partial charge in [-0.3, -0.25) is 4.79 Å². The van der Waals surface area contributed by atoms with Crippen LogP contribution in [0.3, 0.4) is 0 Å². The molecule has 0 bridgehead atoms. The maximum Gasteiger partial charge on any atom is 0.250 e. The quantitative estimate of drug-likeness (QED) is 0.649. The van der Waals surface area contributed by atoms with Gasteiger partial charge in [0, 0.05) is 11.9 Å². The number of primary amides is 1. The lowest BCUT2D eigenvalue weighted by molar-refractivity contribution is 0.0999. The number of nitrogens with one attached hydrogen (secondary N) is 1. The zero-order valence-electron chi connectivity index (χ0n) is 6.13. The Kier molecular flexibility index (Phi) is 1.24. The van der Waals surface area contributed by atoms with Crippen LogP contribution in [0.15, 0.2) is 12.3 Å². The van der Waals surface area contributed by atoms with Crippen molar-refractivity contribution in [3.8, 4) is 0 Å². The van der Waals surface area contributed by atoms with E-state index < -0.39 is 0 Å². The van der Waals surface area contributed by atoms with Gasteiger partial charge in [0.2, 0.25) is 0 Å². The van der Waals surface area contributed by atoms with Gasteiger partial charge in [0.25, 0.3) is 5.91 Å². The number of hydrogen-bond donors (Lipinski definition) is 2. The molecule has 3 nitrogen and oxygen atoms in total. The summed E-state index contributed by atoms with van der Waals surface area (Å²) in [6.07, 6.45) is 4.13. The van der Waals surface area contributed by atoms with E-state index in [1.54, 1.807) is 12.3 Å². The lowest BCUT2D eigenvalue weighted by Gasteiger charge is -1.95. The number of H-pyrrole nitrogens is 1. The molecular formula is C8H10N2O. The molecule has 0 spiro atoms. The van der Waals surface area contributed by atoms with Crippen molar-refractivity contribution in [1.29, 1.82) is 0 Å². The van der Waals surface area contributed by atoms with Crippen LogP contribution >= 0.6 is 0 Å². The van der Waals surface area contributed by atoms with Gasteiger partial charge in [0.15, 0.2) is 0 Å². The minimum absolute atomic E-state index is 0.326. The van der Waals surface area contributed by atoms with Crippen molar-refractivity contribution in [2.24, 2.45) is 5.73 Å². The number of carbonyl (C=O) groups is 1. The average Bonchev–Trinajstić information content (AvgIpc) is 2.68. The second-order valence-corrected chi connectivity index (χ2v) is 2.94. The molecule has 2 rings (SSSR count). The predicted octanol–water partition coefficient (Wildman–Crippen LogP) is 0.991. The summed E-state index contributed by atoms with van der Waals surface area (Å²) in [4.78, 5) is 13.9. The summed E-state index contributed by atoms with van der Waals surface area (Å²) in [5.74, 6) is 0.237. The zero-order chi connectivity index (χ0) is 7.84. The molecule has 0 radical (unpaired) electrons. The summed E-state index contributed by atoms with van der Waals surface area (Å²) in [5, 5.41) is 0. The van der Waals surface area contributed by atoms with E-state index in [0.717, 1.165) is 5.69 Å². The SMILES string of the molecule is NC(=O)c1cc[nH]c1C1CC1. The molecule has 1 aliphatic carbocycles. The summed E-state index contributed by atoms with van der Waals surface area (Å²) in [7, 11) is 0. The normalized spacial score (nSPS) is 16.7. The van der Waals surface area contributed by atoms with Crippen molar-refractivity contribution >= 4 is 5.91 Å². The van der Waals surface area contributed by atoms with Crippen LogP contribution in [0.1, 0.15) is 34.8 Å². The van der Waals surface area contributed by atoms with Gasteiger partial charge in [0.05, 0.1) is 5.56 Å². The third-order valence-electron chi connectivity index (χ3n) is 2.03. The van der Waals surface area contributed by atoms with E-state index in [2.05, 4.69) is 4.98 Å². The predicted molar refractivity (Wildman–Crippen MR) is 41.3 cm³/mol. The van der Waals surface area contributed by atoms with E-state index >= 15 is 0 Å². The highest BCUT2D eigenvalue weighted by atomic mass is 16.1. The molecule has 1 heterocycles. The second kappa shape index (κ2) is 2.12. The molecular weight excluding hydrogens is 140 g/mol. The fourth-order valence-corrected chi connectivity index (χ4v) is 1.31. The van der Waals surface area contributed by atoms with Gasteiger partial charge < -0.3 is 10.7 Å². The highest BCUT2D eigenvalue weighted by Gasteiger charge is 2.28. The molecule has 58 valence electrons. The summed E-state index contributed by atoms with van der Waals surface area (Å²) < 4.78 is 0. The molecule has 1 aromatic heterocycles. The number of amides is 1. The van der Waals surface area contributed by atoms with Gasteiger partial charge >= 0.3 is 0 Å². The molecule has 1 aliphatic rings. The van der Waals surface area contributed by atoms with E-state index in [1.165, 1.54) is 12.8 Å². The largest absolute Gasteiger partial charge is 0.366 e. The fourth-order valence-electron chi connectivity index (χ4n) is 1.31. The van der Waals surface area contributed by atoms with Gasteiger partial charge in [-0.1, -0.05) is 0 Å². The van der Waals surface area contributed by atoms with Crippen LogP contribution in [0.2, 0.25) is 0 Å². The summed E-state index contributed by atoms with van der Waals surface area (Å²) in [5.41, 5.74) is 6.85. The maximum absolute atomic E-state index is 10.8. The van der Waals surface area contributed by atoms with Crippen LogP contribution in [0.5, 0.6) is 0 Å². The molecule has 0 saturated heterocycles. The summed E-state index contributed by atoms with van der Waals surface area (Å²) >= 11 is 0. The second-order valence-electron chi connectivity index (χ2n) is 2.94. The van der Waals surface area contributed by atoms with E-state index in [-0.39, 0.29) is 5.91 Å². The molecule has 1 saturated carbocycles. The Morgan fingerprint density at radius 3 is 2.91 bits per heavy atom. The molecule has 3 heteroatoms. The lowest BCUT2D eigenvalue weighted by Crippen LogP contribution is -2.11. The van der Waals surface area contributed by atoms with E-state index in [0.29, 0.717) is 11.5 Å². The fraction of sp³-hybridized carbons (Fsp3) is 0.375. The molecule has 3 N–H and O–H groups in total. The molecule has 0 aromatic carbocycles. The van der Waals surface area contributed by atoms with Gasteiger partial charge in [-0.25, -0.2) is 0 Å². The van der Waals surface area contributed by atoms with Crippen LogP contribution in [-0.4, -0.2) is 10.9 Å². The molecule has 0 atom stereocenters. The minimum atomic E-state index is -0.326. The van der Waals surface area contributed by atoms with Crippen molar-refractivity contribution in [1.82, 2.24) is 4.98 Å². The third-order valence-corrected chi connectivity index (χ3v) is 2.03. The first-order valence-electron chi connectivity index (χ1n) is 3.76. The monoisotopic (exact) mass is 150 g/mol. The van der Waals surface area contributed by atoms with Crippen molar-refractivity contribution in [2.75, 3.05) is 0 Å². The zero-order valence-corrected chi connectivity index (χ0v) is 6.13. The van der Waals surface area contributed by atoms with Gasteiger partial charge in [-0.2, -0.15) is 0 Å². The Balaban J connectivity index is 2.37. The topological polar surface area (TPSA) is 58.9 Å². The van der Waals surface area contributed by atoms with Crippen molar-refractivity contribution in [2.45, 2.75) is 18.8 Å². The van der Waals surface area contributed by atoms with Crippen molar-refractivity contribution in [3.05, 3.63) is 23.5 Å². The number of rotatable bonds is 2. The first-order valence-corrected chi connectivity index (χ1v) is 3.76. The minimum Gasteiger partial charge on any atom is -0.366 e. The number of hydrogen-bond acceptors (Lipinski definition) is 1. The van der Waals surface area contributed by atoms with Gasteiger partial charge in [0.1, 0.15) is 0 Å². The number of carbonyl (C=O) groups excluding carboxylic acids is 1. The van der Waals surface area contributed by atoms with Crippen LogP contribution < -0.4 is 5.73 Å². The lowest BCUT2D eigenvalue weighted by atomic mass is 10.2. The van der Waals surface area contributed by atoms with Gasteiger partial charge in [-0.05, 0) is 24.8 Å². The van der Waals surface area contributed by atoms with Crippen LogP contribution in [0.25, 0.3) is 0 Å². The Hall–Kier alpha value is -1.25. The van der Waals surface area contributed by atoms with E-state index in [9.17, 15) is 4.79 Å². The van der Waals surface area contributed by atoms with E-state index in [4.69, 9.17) is 5.73 Å². The van der Waals surface area contributed by atoms with Crippen LogP contribution in [-0.2, 0) is 0 Å². The number of aromatic amines is 1. The maximum atomic E-state index is 10.8. The molecule has 1 aromatic rings. The Morgan fingerprint density at radius 1 is 1.64 bits per heavy atom. The Bertz CT molecular complexity index is 286. The molecule has 0 aliphatic heterocycles. The van der Waals surface area contributed by atoms with Crippen LogP contribution in [0, 0.1) is 0 Å². The number of aromatic nitrogens is 1. The van der Waals surface area contributed by atoms with E-state index in [1.807, 2.05) is 0 Å². The molecule has 11 heavy (non-hydrogen) atoms. The third kappa shape index (κ3) is 1.02. The smallest absolute Gasteiger partial charge is 0.250 e. The summed E-state index contributed by atoms with van der Waals surface area (Å²) in [6.45, 7) is 0. The Morgan fingerprint density at radius 2 is 2.36 bits per heavy atom. The first kappa shape index (κ1) is 6.46. The number of nitrogens with two attached hydrogens (primary N) is 1. The average molecular weight is 150 g/mol. The highest BCUT2D eigenvalue weighted by Crippen LogP contribution is 2.40. The highest BCUT2D eigenvalue weighted by molar-refractivity contribution is 5.94. The molecule has 1 amide bonds. The van der Waals surface area contributed by atoms with Crippen molar-refractivity contribution < 1.29 is 4.79 Å². The van der Waals surface area contributed by atoms with Crippen molar-refractivity contribution in [3.63, 3.8) is 0 Å². The summed E-state index contributed by atoms with van der Waals surface area (Å²) in [6, 6.07) is 1.75. The standard InChI is InChI=1S/C8H10N2O/c9-8(11)6-3-4-10-7(6)5-1-2-5/h3-5,10H,1-2H2,(H2,9,11). The Labute approximate surface area is 64.6 Å². The van der Waals surface area contributed by atoms with Gasteiger partial charge in [-0.15, -0.1) is 0 Å². The molecule has 1 fully saturated rings.